The van der Waals surface area contributed by atoms with E-state index in [1.807, 2.05) is 13.8 Å². The molecule has 0 heterocycles. The smallest absolute Gasteiger partial charge is 0.311 e. The van der Waals surface area contributed by atoms with Gasteiger partial charge in [0.1, 0.15) is 0 Å². The first-order valence-corrected chi connectivity index (χ1v) is 4.07. The maximum absolute atomic E-state index is 11.0. The van der Waals surface area contributed by atoms with Crippen molar-refractivity contribution in [2.45, 2.75) is 26.4 Å². The van der Waals surface area contributed by atoms with Gasteiger partial charge in [-0.15, -0.1) is 0 Å². The molecule has 2 unspecified atom stereocenters. The topological polar surface area (TPSA) is 35.5 Å². The largest absolute Gasteiger partial charge is 0.466 e. The molecule has 11 heavy (non-hydrogen) atoms. The average Bonchev–Trinajstić information content (AvgIpc) is 2.69. The van der Waals surface area contributed by atoms with Crippen molar-refractivity contribution in [2.75, 3.05) is 13.2 Å². The highest BCUT2D eigenvalue weighted by Crippen LogP contribution is 2.34. The van der Waals surface area contributed by atoms with Crippen LogP contribution in [0.2, 0.25) is 0 Å². The molecule has 64 valence electrons. The Hall–Kier alpha value is -0.570. The van der Waals surface area contributed by atoms with Crippen LogP contribution in [0.4, 0.5) is 0 Å². The fraction of sp³-hybridized carbons (Fsp3) is 0.875. The van der Waals surface area contributed by atoms with Crippen molar-refractivity contribution in [1.82, 2.24) is 0 Å². The molecule has 1 aliphatic carbocycles. The van der Waals surface area contributed by atoms with Crippen LogP contribution in [-0.2, 0) is 14.3 Å². The van der Waals surface area contributed by atoms with Crippen LogP contribution in [-0.4, -0.2) is 25.3 Å². The summed E-state index contributed by atoms with van der Waals surface area (Å²) >= 11 is 0. The number of ether oxygens (including phenoxy) is 2. The van der Waals surface area contributed by atoms with Crippen LogP contribution in [0.1, 0.15) is 20.3 Å². The first-order valence-electron chi connectivity index (χ1n) is 4.07. The molecule has 0 aromatic heterocycles. The summed E-state index contributed by atoms with van der Waals surface area (Å²) in [6.45, 7) is 4.89. The van der Waals surface area contributed by atoms with Crippen LogP contribution in [0.15, 0.2) is 0 Å². The Kier molecular flexibility index (Phi) is 2.88. The van der Waals surface area contributed by atoms with Crippen molar-refractivity contribution >= 4 is 5.97 Å². The van der Waals surface area contributed by atoms with E-state index in [0.717, 1.165) is 6.42 Å². The summed E-state index contributed by atoms with van der Waals surface area (Å²) in [7, 11) is 0. The summed E-state index contributed by atoms with van der Waals surface area (Å²) in [6.07, 6.45) is 0.978. The second-order valence-corrected chi connectivity index (χ2v) is 2.59. The molecule has 3 nitrogen and oxygen atoms in total. The highest BCUT2D eigenvalue weighted by atomic mass is 16.5. The van der Waals surface area contributed by atoms with Gasteiger partial charge in [0.2, 0.25) is 0 Å². The van der Waals surface area contributed by atoms with Crippen molar-refractivity contribution < 1.29 is 14.3 Å². The molecule has 3 heteroatoms. The standard InChI is InChI=1S/C8H14O3/c1-3-10-7-5-6(7)8(9)11-4-2/h6-7H,3-5H2,1-2H3. The highest BCUT2D eigenvalue weighted by molar-refractivity contribution is 5.76. The molecule has 1 saturated carbocycles. The summed E-state index contributed by atoms with van der Waals surface area (Å²) in [5.74, 6) is -0.0825. The van der Waals surface area contributed by atoms with E-state index in [4.69, 9.17) is 9.47 Å². The lowest BCUT2D eigenvalue weighted by molar-refractivity contribution is -0.145. The lowest BCUT2D eigenvalue weighted by Gasteiger charge is -1.99. The second kappa shape index (κ2) is 3.72. The van der Waals surface area contributed by atoms with E-state index >= 15 is 0 Å². The molecule has 2 atom stereocenters. The van der Waals surface area contributed by atoms with Crippen molar-refractivity contribution in [1.29, 1.82) is 0 Å². The number of hydrogen-bond donors (Lipinski definition) is 0. The third-order valence-corrected chi connectivity index (χ3v) is 1.70. The monoisotopic (exact) mass is 158 g/mol. The number of esters is 1. The van der Waals surface area contributed by atoms with Gasteiger partial charge in [-0.05, 0) is 20.3 Å². The van der Waals surface area contributed by atoms with Gasteiger partial charge in [0.25, 0.3) is 0 Å². The molecular formula is C8H14O3. The first kappa shape index (κ1) is 8.53. The number of hydrogen-bond acceptors (Lipinski definition) is 3. The Balaban J connectivity index is 2.15. The Morgan fingerprint density at radius 2 is 2.18 bits per heavy atom. The van der Waals surface area contributed by atoms with E-state index < -0.39 is 0 Å². The molecular weight excluding hydrogens is 144 g/mol. The molecule has 0 radical (unpaired) electrons. The summed E-state index contributed by atoms with van der Waals surface area (Å²) in [5.41, 5.74) is 0. The van der Waals surface area contributed by atoms with Gasteiger partial charge in [0, 0.05) is 6.61 Å². The van der Waals surface area contributed by atoms with E-state index in [9.17, 15) is 4.79 Å². The molecule has 1 fully saturated rings. The van der Waals surface area contributed by atoms with Gasteiger partial charge < -0.3 is 9.47 Å². The molecule has 1 aliphatic rings. The second-order valence-electron chi connectivity index (χ2n) is 2.59. The molecule has 0 aliphatic heterocycles. The minimum Gasteiger partial charge on any atom is -0.466 e. The van der Waals surface area contributed by atoms with Gasteiger partial charge in [-0.25, -0.2) is 0 Å². The molecule has 0 bridgehead atoms. The van der Waals surface area contributed by atoms with E-state index in [2.05, 4.69) is 0 Å². The zero-order valence-electron chi connectivity index (χ0n) is 7.00. The maximum Gasteiger partial charge on any atom is 0.311 e. The number of carbonyl (C=O) groups excluding carboxylic acids is 1. The van der Waals surface area contributed by atoms with Gasteiger partial charge in [0.15, 0.2) is 0 Å². The third-order valence-electron chi connectivity index (χ3n) is 1.70. The van der Waals surface area contributed by atoms with Gasteiger partial charge in [-0.2, -0.15) is 0 Å². The normalized spacial score (nSPS) is 28.2. The summed E-state index contributed by atoms with van der Waals surface area (Å²) in [6, 6.07) is 0. The fourth-order valence-corrected chi connectivity index (χ4v) is 1.07. The summed E-state index contributed by atoms with van der Waals surface area (Å²) in [4.78, 5) is 11.0. The quantitative estimate of drug-likeness (QED) is 0.572. The Morgan fingerprint density at radius 1 is 1.45 bits per heavy atom. The number of rotatable bonds is 4. The van der Waals surface area contributed by atoms with Crippen LogP contribution in [0, 0.1) is 5.92 Å². The van der Waals surface area contributed by atoms with Crippen LogP contribution in [0.5, 0.6) is 0 Å². The minimum atomic E-state index is -0.106. The van der Waals surface area contributed by atoms with Crippen molar-refractivity contribution in [3.05, 3.63) is 0 Å². The third kappa shape index (κ3) is 2.19. The molecule has 0 saturated heterocycles. The zero-order chi connectivity index (χ0) is 8.27. The van der Waals surface area contributed by atoms with Crippen LogP contribution in [0.3, 0.4) is 0 Å². The van der Waals surface area contributed by atoms with E-state index in [1.165, 1.54) is 0 Å². The molecule has 0 amide bonds. The highest BCUT2D eigenvalue weighted by Gasteiger charge is 2.45. The van der Waals surface area contributed by atoms with Gasteiger partial charge >= 0.3 is 5.97 Å². The van der Waals surface area contributed by atoms with Gasteiger partial charge in [-0.3, -0.25) is 4.79 Å². The Labute approximate surface area is 66.7 Å². The van der Waals surface area contributed by atoms with Gasteiger partial charge in [-0.1, -0.05) is 0 Å². The van der Waals surface area contributed by atoms with Crippen molar-refractivity contribution in [2.24, 2.45) is 5.92 Å². The van der Waals surface area contributed by atoms with Gasteiger partial charge in [0.05, 0.1) is 18.6 Å². The lowest BCUT2D eigenvalue weighted by atomic mass is 10.4. The van der Waals surface area contributed by atoms with E-state index in [0.29, 0.717) is 13.2 Å². The summed E-state index contributed by atoms with van der Waals surface area (Å²) in [5, 5.41) is 0. The van der Waals surface area contributed by atoms with E-state index in [1.54, 1.807) is 0 Å². The predicted octanol–water partition coefficient (Wildman–Crippen LogP) is 0.975. The van der Waals surface area contributed by atoms with Crippen LogP contribution in [0.25, 0.3) is 0 Å². The van der Waals surface area contributed by atoms with Crippen molar-refractivity contribution in [3.63, 3.8) is 0 Å². The average molecular weight is 158 g/mol. The summed E-state index contributed by atoms with van der Waals surface area (Å²) < 4.78 is 10.1. The molecule has 0 aromatic carbocycles. The first-order chi connectivity index (χ1) is 5.29. The fourth-order valence-electron chi connectivity index (χ4n) is 1.07. The molecule has 0 N–H and O–H groups in total. The Bertz CT molecular complexity index is 144. The molecule has 1 rings (SSSR count). The minimum absolute atomic E-state index is 0.0231. The SMILES string of the molecule is CCOC(=O)C1CC1OCC. The zero-order valence-corrected chi connectivity index (χ0v) is 7.00. The maximum atomic E-state index is 11.0. The number of carbonyl (C=O) groups is 1. The van der Waals surface area contributed by atoms with E-state index in [-0.39, 0.29) is 18.0 Å². The molecule has 0 aromatic rings. The van der Waals surface area contributed by atoms with Crippen LogP contribution >= 0.6 is 0 Å². The lowest BCUT2D eigenvalue weighted by Crippen LogP contribution is -2.10. The van der Waals surface area contributed by atoms with Crippen molar-refractivity contribution in [3.8, 4) is 0 Å². The predicted molar refractivity (Wildman–Crippen MR) is 40.2 cm³/mol. The molecule has 0 spiro atoms. The van der Waals surface area contributed by atoms with Crippen LogP contribution < -0.4 is 0 Å². The Morgan fingerprint density at radius 3 is 2.73 bits per heavy atom.